The minimum Gasteiger partial charge on any atom is -0.375 e. The standard InChI is InChI=1S/C21H21FN4O2/c1-28-17(15-6-3-2-4-7-15)14-25-12-5-13-26-20(27)18(22)19(24-21(25)26)16-8-10-23-11-9-16/h2-4,6-11,17H,5,12-14H2,1H3/t17-/m1/s1. The lowest BCUT2D eigenvalue weighted by Gasteiger charge is -2.33. The average molecular weight is 380 g/mol. The summed E-state index contributed by atoms with van der Waals surface area (Å²) in [6, 6.07) is 13.2. The predicted molar refractivity (Wildman–Crippen MR) is 105 cm³/mol. The molecule has 3 aromatic rings. The van der Waals surface area contributed by atoms with Crippen LogP contribution in [0.4, 0.5) is 10.3 Å². The molecule has 7 heteroatoms. The number of rotatable bonds is 5. The Kier molecular flexibility index (Phi) is 5.16. The molecule has 3 heterocycles. The van der Waals surface area contributed by atoms with Crippen LogP contribution in [-0.2, 0) is 11.3 Å². The van der Waals surface area contributed by atoms with E-state index in [1.807, 2.05) is 35.2 Å². The molecule has 144 valence electrons. The summed E-state index contributed by atoms with van der Waals surface area (Å²) in [5.41, 5.74) is 0.986. The van der Waals surface area contributed by atoms with Gasteiger partial charge in [-0.15, -0.1) is 0 Å². The summed E-state index contributed by atoms with van der Waals surface area (Å²) in [6.45, 7) is 1.70. The van der Waals surface area contributed by atoms with Crippen LogP contribution < -0.4 is 10.5 Å². The monoisotopic (exact) mass is 380 g/mol. The first-order chi connectivity index (χ1) is 13.7. The van der Waals surface area contributed by atoms with E-state index in [1.165, 1.54) is 4.57 Å². The summed E-state index contributed by atoms with van der Waals surface area (Å²) < 4.78 is 21.8. The molecule has 0 amide bonds. The molecule has 28 heavy (non-hydrogen) atoms. The summed E-state index contributed by atoms with van der Waals surface area (Å²) in [4.78, 5) is 23.1. The summed E-state index contributed by atoms with van der Waals surface area (Å²) in [5.74, 6) is -0.356. The molecule has 0 saturated carbocycles. The van der Waals surface area contributed by atoms with E-state index in [9.17, 15) is 9.18 Å². The molecular formula is C21H21FN4O2. The van der Waals surface area contributed by atoms with Crippen molar-refractivity contribution in [3.63, 3.8) is 0 Å². The van der Waals surface area contributed by atoms with Crippen LogP contribution in [0.25, 0.3) is 11.3 Å². The summed E-state index contributed by atoms with van der Waals surface area (Å²) in [7, 11) is 1.66. The lowest BCUT2D eigenvalue weighted by atomic mass is 10.1. The number of anilines is 1. The SMILES string of the molecule is CO[C@H](CN1CCCn2c1nc(-c1ccncc1)c(F)c2=O)c1ccccc1. The number of nitrogens with zero attached hydrogens (tertiary/aromatic N) is 4. The number of hydrogen-bond acceptors (Lipinski definition) is 5. The van der Waals surface area contributed by atoms with Gasteiger partial charge < -0.3 is 9.64 Å². The van der Waals surface area contributed by atoms with Crippen molar-refractivity contribution < 1.29 is 9.13 Å². The molecule has 2 aromatic heterocycles. The van der Waals surface area contributed by atoms with Gasteiger partial charge in [-0.2, -0.15) is 4.39 Å². The molecule has 0 radical (unpaired) electrons. The fourth-order valence-electron chi connectivity index (χ4n) is 3.54. The highest BCUT2D eigenvalue weighted by Gasteiger charge is 2.26. The number of fused-ring (bicyclic) bond motifs is 1. The molecule has 0 saturated heterocycles. The molecule has 1 aromatic carbocycles. The van der Waals surface area contributed by atoms with Crippen molar-refractivity contribution in [1.29, 1.82) is 0 Å². The van der Waals surface area contributed by atoms with Gasteiger partial charge in [0, 0.05) is 38.2 Å². The number of aromatic nitrogens is 3. The van der Waals surface area contributed by atoms with Crippen molar-refractivity contribution in [3.8, 4) is 11.3 Å². The molecular weight excluding hydrogens is 359 g/mol. The van der Waals surface area contributed by atoms with Crippen LogP contribution in [0, 0.1) is 5.82 Å². The zero-order chi connectivity index (χ0) is 19.5. The fraction of sp³-hybridized carbons (Fsp3) is 0.286. The van der Waals surface area contributed by atoms with E-state index in [2.05, 4.69) is 9.97 Å². The van der Waals surface area contributed by atoms with Gasteiger partial charge in [0.25, 0.3) is 5.56 Å². The highest BCUT2D eigenvalue weighted by atomic mass is 19.1. The Bertz CT molecular complexity index is 1010. The molecule has 0 N–H and O–H groups in total. The third-order valence-corrected chi connectivity index (χ3v) is 4.98. The van der Waals surface area contributed by atoms with Gasteiger partial charge in [-0.05, 0) is 24.1 Å². The van der Waals surface area contributed by atoms with Crippen LogP contribution in [0.5, 0.6) is 0 Å². The van der Waals surface area contributed by atoms with E-state index in [0.717, 1.165) is 18.5 Å². The number of benzene rings is 1. The Morgan fingerprint density at radius 1 is 1.14 bits per heavy atom. The summed E-state index contributed by atoms with van der Waals surface area (Å²) in [6.07, 6.45) is 3.68. The average Bonchev–Trinajstić information content (AvgIpc) is 2.76. The second kappa shape index (κ2) is 7.90. The van der Waals surface area contributed by atoms with Crippen LogP contribution >= 0.6 is 0 Å². The smallest absolute Gasteiger partial charge is 0.291 e. The van der Waals surface area contributed by atoms with E-state index >= 15 is 0 Å². The number of hydrogen-bond donors (Lipinski definition) is 0. The van der Waals surface area contributed by atoms with Gasteiger partial charge in [-0.25, -0.2) is 4.98 Å². The van der Waals surface area contributed by atoms with Crippen LogP contribution in [-0.4, -0.2) is 34.7 Å². The Labute approximate surface area is 162 Å². The first-order valence-electron chi connectivity index (χ1n) is 9.22. The van der Waals surface area contributed by atoms with Crippen LogP contribution in [0.1, 0.15) is 18.1 Å². The highest BCUT2D eigenvalue weighted by molar-refractivity contribution is 5.60. The van der Waals surface area contributed by atoms with Gasteiger partial charge in [-0.3, -0.25) is 14.3 Å². The van der Waals surface area contributed by atoms with E-state index < -0.39 is 11.4 Å². The molecule has 0 spiro atoms. The molecule has 1 aliphatic heterocycles. The van der Waals surface area contributed by atoms with Gasteiger partial charge in [-0.1, -0.05) is 30.3 Å². The van der Waals surface area contributed by atoms with Crippen molar-refractivity contribution in [2.45, 2.75) is 19.1 Å². The van der Waals surface area contributed by atoms with E-state index in [-0.39, 0.29) is 11.8 Å². The number of pyridine rings is 1. The zero-order valence-corrected chi connectivity index (χ0v) is 15.6. The molecule has 4 rings (SSSR count). The normalized spacial score (nSPS) is 14.6. The van der Waals surface area contributed by atoms with Gasteiger partial charge in [0.05, 0.1) is 12.6 Å². The minimum absolute atomic E-state index is 0.0548. The molecule has 0 fully saturated rings. The second-order valence-corrected chi connectivity index (χ2v) is 6.70. The summed E-state index contributed by atoms with van der Waals surface area (Å²) in [5, 5.41) is 0. The first kappa shape index (κ1) is 18.3. The number of halogens is 1. The van der Waals surface area contributed by atoms with E-state index in [0.29, 0.717) is 24.6 Å². The molecule has 0 bridgehead atoms. The molecule has 0 unspecified atom stereocenters. The van der Waals surface area contributed by atoms with Gasteiger partial charge in [0.15, 0.2) is 0 Å². The van der Waals surface area contributed by atoms with Gasteiger partial charge in [0.1, 0.15) is 5.69 Å². The Balaban J connectivity index is 1.74. The molecule has 1 atom stereocenters. The molecule has 0 aliphatic carbocycles. The minimum atomic E-state index is -0.830. The van der Waals surface area contributed by atoms with Crippen LogP contribution in [0.2, 0.25) is 0 Å². The zero-order valence-electron chi connectivity index (χ0n) is 15.6. The molecule has 6 nitrogen and oxygen atoms in total. The maximum atomic E-state index is 14.7. The largest absolute Gasteiger partial charge is 0.375 e. The third-order valence-electron chi connectivity index (χ3n) is 4.98. The topological polar surface area (TPSA) is 60.2 Å². The molecule has 1 aliphatic rings. The van der Waals surface area contributed by atoms with Crippen molar-refractivity contribution in [3.05, 3.63) is 76.6 Å². The lowest BCUT2D eigenvalue weighted by Crippen LogP contribution is -2.42. The highest BCUT2D eigenvalue weighted by Crippen LogP contribution is 2.26. The van der Waals surface area contributed by atoms with Crippen molar-refractivity contribution in [2.75, 3.05) is 25.1 Å². The fourth-order valence-corrected chi connectivity index (χ4v) is 3.54. The van der Waals surface area contributed by atoms with E-state index in [4.69, 9.17) is 4.74 Å². The third kappa shape index (κ3) is 3.41. The quantitative estimate of drug-likeness (QED) is 0.681. The van der Waals surface area contributed by atoms with Crippen LogP contribution in [0.15, 0.2) is 59.7 Å². The van der Waals surface area contributed by atoms with Crippen molar-refractivity contribution in [1.82, 2.24) is 14.5 Å². The predicted octanol–water partition coefficient (Wildman–Crippen LogP) is 3.04. The Hall–Kier alpha value is -3.06. The van der Waals surface area contributed by atoms with Crippen LogP contribution in [0.3, 0.4) is 0 Å². The number of ether oxygens (including phenoxy) is 1. The Morgan fingerprint density at radius 3 is 2.61 bits per heavy atom. The lowest BCUT2D eigenvalue weighted by molar-refractivity contribution is 0.107. The maximum Gasteiger partial charge on any atom is 0.291 e. The van der Waals surface area contributed by atoms with Crippen molar-refractivity contribution in [2.24, 2.45) is 0 Å². The second-order valence-electron chi connectivity index (χ2n) is 6.70. The van der Waals surface area contributed by atoms with Crippen molar-refractivity contribution >= 4 is 5.95 Å². The maximum absolute atomic E-state index is 14.7. The van der Waals surface area contributed by atoms with Gasteiger partial charge >= 0.3 is 0 Å². The Morgan fingerprint density at radius 2 is 1.89 bits per heavy atom. The van der Waals surface area contributed by atoms with Gasteiger partial charge in [0.2, 0.25) is 11.8 Å². The first-order valence-corrected chi connectivity index (χ1v) is 9.22. The summed E-state index contributed by atoms with van der Waals surface area (Å²) >= 11 is 0. The number of methoxy groups -OCH3 is 1. The van der Waals surface area contributed by atoms with E-state index in [1.54, 1.807) is 31.6 Å².